The van der Waals surface area contributed by atoms with E-state index in [1.165, 1.54) is 13.8 Å². The van der Waals surface area contributed by atoms with Gasteiger partial charge in [-0.25, -0.2) is 4.79 Å². The molecule has 0 aromatic heterocycles. The van der Waals surface area contributed by atoms with E-state index in [-0.39, 0.29) is 6.61 Å². The highest BCUT2D eigenvalue weighted by Crippen LogP contribution is 2.22. The number of esters is 1. The van der Waals surface area contributed by atoms with Crippen LogP contribution in [0.2, 0.25) is 0 Å². The van der Waals surface area contributed by atoms with E-state index in [1.54, 1.807) is 6.92 Å². The van der Waals surface area contributed by atoms with Gasteiger partial charge in [-0.3, -0.25) is 14.2 Å². The lowest BCUT2D eigenvalue weighted by Crippen LogP contribution is -2.48. The van der Waals surface area contributed by atoms with Gasteiger partial charge in [0.1, 0.15) is 5.70 Å². The molecule has 0 spiro atoms. The highest BCUT2D eigenvalue weighted by Gasteiger charge is 2.38. The minimum Gasteiger partial charge on any atom is -0.461 e. The van der Waals surface area contributed by atoms with Crippen LogP contribution in [0.3, 0.4) is 0 Å². The van der Waals surface area contributed by atoms with E-state index in [0.29, 0.717) is 4.90 Å². The molecule has 0 aliphatic rings. The minimum absolute atomic E-state index is 0.0339. The van der Waals surface area contributed by atoms with Gasteiger partial charge in [0.05, 0.1) is 6.61 Å². The molecule has 8 heteroatoms. The van der Waals surface area contributed by atoms with Gasteiger partial charge in [0.25, 0.3) is 16.0 Å². The van der Waals surface area contributed by atoms with Gasteiger partial charge >= 0.3 is 5.97 Å². The van der Waals surface area contributed by atoms with Gasteiger partial charge in [-0.1, -0.05) is 27.0 Å². The van der Waals surface area contributed by atoms with Gasteiger partial charge in [0.15, 0.2) is 5.37 Å². The second kappa shape index (κ2) is 7.20. The van der Waals surface area contributed by atoms with Gasteiger partial charge in [-0.2, -0.15) is 8.42 Å². The molecule has 0 radical (unpaired) electrons. The molecule has 0 saturated carbocycles. The number of carbonyl (C=O) groups excluding carboxylic acids is 2. The van der Waals surface area contributed by atoms with Crippen molar-refractivity contribution < 1.29 is 27.3 Å². The molecule has 114 valence electrons. The van der Waals surface area contributed by atoms with Crippen LogP contribution in [-0.2, 0) is 24.4 Å². The lowest BCUT2D eigenvalue weighted by atomic mass is 10.2. The van der Waals surface area contributed by atoms with E-state index in [1.807, 2.05) is 0 Å². The molecule has 1 amide bonds. The predicted octanol–water partition coefficient (Wildman–Crippen LogP) is 0.948. The number of hydrogen-bond donors (Lipinski definition) is 1. The summed E-state index contributed by atoms with van der Waals surface area (Å²) >= 11 is 0. The van der Waals surface area contributed by atoms with Crippen molar-refractivity contribution >= 4 is 22.0 Å². The summed E-state index contributed by atoms with van der Waals surface area (Å²) in [6.07, 6.45) is 0.824. The van der Waals surface area contributed by atoms with Crippen molar-refractivity contribution in [1.82, 2.24) is 4.90 Å². The van der Waals surface area contributed by atoms with Crippen LogP contribution < -0.4 is 0 Å². The Morgan fingerprint density at radius 2 is 1.90 bits per heavy atom. The van der Waals surface area contributed by atoms with Crippen LogP contribution in [0, 0.1) is 5.92 Å². The van der Waals surface area contributed by atoms with E-state index in [0.717, 1.165) is 6.08 Å². The van der Waals surface area contributed by atoms with E-state index in [2.05, 4.69) is 17.9 Å². The van der Waals surface area contributed by atoms with E-state index >= 15 is 0 Å². The van der Waals surface area contributed by atoms with Crippen molar-refractivity contribution in [3.05, 3.63) is 24.9 Å². The van der Waals surface area contributed by atoms with Crippen LogP contribution in [0.15, 0.2) is 24.9 Å². The summed E-state index contributed by atoms with van der Waals surface area (Å²) in [4.78, 5) is 24.0. The predicted molar refractivity (Wildman–Crippen MR) is 73.0 cm³/mol. The first-order valence-corrected chi connectivity index (χ1v) is 7.36. The molecular formula is C12H19NO6S. The quantitative estimate of drug-likeness (QED) is 0.427. The molecule has 0 fully saturated rings. The number of rotatable bonds is 7. The maximum Gasteiger partial charge on any atom is 0.354 e. The van der Waals surface area contributed by atoms with Gasteiger partial charge < -0.3 is 4.74 Å². The number of amides is 1. The minimum atomic E-state index is -4.62. The molecule has 0 rings (SSSR count). The maximum absolute atomic E-state index is 11.8. The smallest absolute Gasteiger partial charge is 0.354 e. The Morgan fingerprint density at radius 3 is 2.20 bits per heavy atom. The van der Waals surface area contributed by atoms with E-state index < -0.39 is 39.0 Å². The van der Waals surface area contributed by atoms with Gasteiger partial charge in [0.2, 0.25) is 0 Å². The summed E-state index contributed by atoms with van der Waals surface area (Å²) in [5, 5.41) is -1.65. The fraction of sp³-hybridized carbons (Fsp3) is 0.500. The zero-order chi connectivity index (χ0) is 16.1. The Balaban J connectivity index is 5.78. The first kappa shape index (κ1) is 18.3. The Morgan fingerprint density at radius 1 is 1.40 bits per heavy atom. The van der Waals surface area contributed by atoms with Crippen molar-refractivity contribution in [2.75, 3.05) is 6.61 Å². The van der Waals surface area contributed by atoms with Crippen molar-refractivity contribution in [2.24, 2.45) is 5.92 Å². The van der Waals surface area contributed by atoms with E-state index in [4.69, 9.17) is 0 Å². The number of nitrogens with zero attached hydrogens (tertiary/aromatic N) is 1. The summed E-state index contributed by atoms with van der Waals surface area (Å²) < 4.78 is 36.9. The molecular weight excluding hydrogens is 286 g/mol. The average molecular weight is 305 g/mol. The fourth-order valence-corrected chi connectivity index (χ4v) is 2.78. The van der Waals surface area contributed by atoms with Crippen LogP contribution in [0.5, 0.6) is 0 Å². The van der Waals surface area contributed by atoms with Crippen LogP contribution >= 0.6 is 0 Å². The second-order valence-electron chi connectivity index (χ2n) is 4.23. The molecule has 0 aromatic carbocycles. The summed E-state index contributed by atoms with van der Waals surface area (Å²) in [5.41, 5.74) is -0.479. The average Bonchev–Trinajstić information content (AvgIpc) is 2.32. The van der Waals surface area contributed by atoms with Gasteiger partial charge in [-0.05, 0) is 18.9 Å². The summed E-state index contributed by atoms with van der Waals surface area (Å²) in [7, 11) is -4.62. The maximum atomic E-state index is 11.8. The third-order valence-corrected chi connectivity index (χ3v) is 3.71. The third kappa shape index (κ3) is 4.46. The fourth-order valence-electron chi connectivity index (χ4n) is 1.60. The number of carbonyl (C=O) groups is 2. The first-order chi connectivity index (χ1) is 9.07. The summed E-state index contributed by atoms with van der Waals surface area (Å²) in [6.45, 7) is 11.1. The normalized spacial score (nSPS) is 12.7. The molecule has 1 N–H and O–H groups in total. The molecule has 0 bridgehead atoms. The molecule has 0 saturated heterocycles. The highest BCUT2D eigenvalue weighted by molar-refractivity contribution is 7.86. The molecule has 1 atom stereocenters. The lowest BCUT2D eigenvalue weighted by molar-refractivity contribution is -0.143. The van der Waals surface area contributed by atoms with Crippen molar-refractivity contribution in [1.29, 1.82) is 0 Å². The SMILES string of the molecule is C=CC(=O)N(C(=C)C(=O)OCC)C(C(C)C)S(=O)(=O)O. The Hall–Kier alpha value is -1.67. The standard InChI is InChI=1S/C12H19NO6S/c1-6-10(14)13(9(5)12(15)19-7-2)11(8(3)4)20(16,17)18/h6,8,11H,1,5,7H2,2-4H3,(H,16,17,18). The van der Waals surface area contributed by atoms with Crippen molar-refractivity contribution in [3.63, 3.8) is 0 Å². The largest absolute Gasteiger partial charge is 0.461 e. The zero-order valence-corrected chi connectivity index (χ0v) is 12.5. The topological polar surface area (TPSA) is 101 Å². The van der Waals surface area contributed by atoms with Crippen LogP contribution in [-0.4, -0.2) is 41.7 Å². The van der Waals surface area contributed by atoms with Crippen LogP contribution in [0.1, 0.15) is 20.8 Å². The molecule has 0 heterocycles. The van der Waals surface area contributed by atoms with Crippen molar-refractivity contribution in [3.8, 4) is 0 Å². The molecule has 1 unspecified atom stereocenters. The molecule has 0 aromatic rings. The van der Waals surface area contributed by atoms with E-state index in [9.17, 15) is 22.6 Å². The van der Waals surface area contributed by atoms with Crippen LogP contribution in [0.4, 0.5) is 0 Å². The Bertz CT molecular complexity index is 508. The van der Waals surface area contributed by atoms with Gasteiger partial charge in [-0.15, -0.1) is 0 Å². The summed E-state index contributed by atoms with van der Waals surface area (Å²) in [6, 6.07) is 0. The molecule has 20 heavy (non-hydrogen) atoms. The number of hydrogen-bond acceptors (Lipinski definition) is 5. The highest BCUT2D eigenvalue weighted by atomic mass is 32.2. The number of ether oxygens (including phenoxy) is 1. The monoisotopic (exact) mass is 305 g/mol. The Labute approximate surface area is 118 Å². The summed E-state index contributed by atoms with van der Waals surface area (Å²) in [5.74, 6) is -2.50. The Kier molecular flexibility index (Phi) is 6.60. The molecule has 7 nitrogen and oxygen atoms in total. The van der Waals surface area contributed by atoms with Crippen LogP contribution in [0.25, 0.3) is 0 Å². The third-order valence-electron chi connectivity index (χ3n) is 2.34. The van der Waals surface area contributed by atoms with Gasteiger partial charge in [0, 0.05) is 0 Å². The zero-order valence-electron chi connectivity index (χ0n) is 11.7. The molecule has 0 aliphatic carbocycles. The lowest BCUT2D eigenvalue weighted by Gasteiger charge is -2.31. The van der Waals surface area contributed by atoms with Crippen molar-refractivity contribution in [2.45, 2.75) is 26.1 Å². The first-order valence-electron chi connectivity index (χ1n) is 5.85. The molecule has 0 aliphatic heterocycles. The second-order valence-corrected chi connectivity index (χ2v) is 5.74.